The molecule has 5 nitrogen and oxygen atoms in total. The van der Waals surface area contributed by atoms with Crippen molar-refractivity contribution in [3.8, 4) is 0 Å². The van der Waals surface area contributed by atoms with Gasteiger partial charge in [-0.25, -0.2) is 4.98 Å². The summed E-state index contributed by atoms with van der Waals surface area (Å²) in [4.78, 5) is 16.0. The SMILES string of the molecule is CC(C)CNC(=O)CCn1cncc1C1CCCCN1. The van der Waals surface area contributed by atoms with Crippen molar-refractivity contribution in [2.24, 2.45) is 5.92 Å². The Morgan fingerprint density at radius 1 is 1.55 bits per heavy atom. The summed E-state index contributed by atoms with van der Waals surface area (Å²) in [6, 6.07) is 0.393. The summed E-state index contributed by atoms with van der Waals surface area (Å²) in [5, 5.41) is 6.48. The van der Waals surface area contributed by atoms with Crippen LogP contribution in [0.1, 0.15) is 51.3 Å². The average molecular weight is 278 g/mol. The third-order valence-corrected chi connectivity index (χ3v) is 3.70. The molecule has 1 aliphatic heterocycles. The molecule has 1 atom stereocenters. The van der Waals surface area contributed by atoms with E-state index < -0.39 is 0 Å². The summed E-state index contributed by atoms with van der Waals surface area (Å²) in [5.74, 6) is 0.615. The van der Waals surface area contributed by atoms with Crippen molar-refractivity contribution >= 4 is 5.91 Å². The quantitative estimate of drug-likeness (QED) is 0.835. The van der Waals surface area contributed by atoms with E-state index >= 15 is 0 Å². The fourth-order valence-electron chi connectivity index (χ4n) is 2.54. The lowest BCUT2D eigenvalue weighted by molar-refractivity contribution is -0.121. The number of nitrogens with one attached hydrogen (secondary N) is 2. The zero-order valence-corrected chi connectivity index (χ0v) is 12.6. The fourth-order valence-corrected chi connectivity index (χ4v) is 2.54. The van der Waals surface area contributed by atoms with Crippen LogP contribution < -0.4 is 10.6 Å². The van der Waals surface area contributed by atoms with Crippen molar-refractivity contribution in [1.82, 2.24) is 20.2 Å². The molecule has 0 aromatic carbocycles. The summed E-state index contributed by atoms with van der Waals surface area (Å²) in [7, 11) is 0. The summed E-state index contributed by atoms with van der Waals surface area (Å²) in [5.41, 5.74) is 1.21. The van der Waals surface area contributed by atoms with Gasteiger partial charge in [0, 0.05) is 31.7 Å². The number of hydrogen-bond donors (Lipinski definition) is 2. The van der Waals surface area contributed by atoms with Gasteiger partial charge in [0.25, 0.3) is 0 Å². The van der Waals surface area contributed by atoms with E-state index in [9.17, 15) is 4.79 Å². The van der Waals surface area contributed by atoms with E-state index in [0.717, 1.165) is 19.5 Å². The molecule has 0 radical (unpaired) electrons. The van der Waals surface area contributed by atoms with Gasteiger partial charge in [-0.05, 0) is 25.3 Å². The maximum atomic E-state index is 11.8. The molecule has 1 aromatic rings. The number of imidazole rings is 1. The minimum absolute atomic E-state index is 0.120. The van der Waals surface area contributed by atoms with E-state index in [0.29, 0.717) is 24.9 Å². The minimum atomic E-state index is 0.120. The van der Waals surface area contributed by atoms with Gasteiger partial charge in [0.05, 0.1) is 12.0 Å². The van der Waals surface area contributed by atoms with Crippen LogP contribution in [0.4, 0.5) is 0 Å². The first-order valence-corrected chi connectivity index (χ1v) is 7.67. The number of piperidine rings is 1. The van der Waals surface area contributed by atoms with Gasteiger partial charge in [0.2, 0.25) is 5.91 Å². The molecule has 2 heterocycles. The van der Waals surface area contributed by atoms with Crippen LogP contribution in [0, 0.1) is 5.92 Å². The molecule has 1 fully saturated rings. The Balaban J connectivity index is 1.84. The van der Waals surface area contributed by atoms with Crippen LogP contribution in [0.25, 0.3) is 0 Å². The van der Waals surface area contributed by atoms with E-state index in [1.54, 1.807) is 0 Å². The smallest absolute Gasteiger partial charge is 0.221 e. The Morgan fingerprint density at radius 2 is 2.40 bits per heavy atom. The number of nitrogens with zero attached hydrogens (tertiary/aromatic N) is 2. The van der Waals surface area contributed by atoms with Gasteiger partial charge >= 0.3 is 0 Å². The number of aryl methyl sites for hydroxylation is 1. The van der Waals surface area contributed by atoms with E-state index in [1.807, 2.05) is 12.5 Å². The van der Waals surface area contributed by atoms with Crippen LogP contribution in [0.2, 0.25) is 0 Å². The van der Waals surface area contributed by atoms with Gasteiger partial charge in [-0.1, -0.05) is 20.3 Å². The van der Waals surface area contributed by atoms with Crippen molar-refractivity contribution in [1.29, 1.82) is 0 Å². The Morgan fingerprint density at radius 3 is 3.10 bits per heavy atom. The number of rotatable bonds is 6. The molecule has 112 valence electrons. The van der Waals surface area contributed by atoms with Crippen molar-refractivity contribution in [2.75, 3.05) is 13.1 Å². The first-order chi connectivity index (χ1) is 9.66. The van der Waals surface area contributed by atoms with Gasteiger partial charge in [0.1, 0.15) is 0 Å². The lowest BCUT2D eigenvalue weighted by Gasteiger charge is -2.24. The van der Waals surface area contributed by atoms with E-state index in [4.69, 9.17) is 0 Å². The zero-order chi connectivity index (χ0) is 14.4. The topological polar surface area (TPSA) is 59.0 Å². The monoisotopic (exact) mass is 278 g/mol. The molecule has 0 saturated carbocycles. The standard InChI is InChI=1S/C15H26N4O/c1-12(2)9-18-15(20)6-8-19-11-16-10-14(19)13-5-3-4-7-17-13/h10-13,17H,3-9H2,1-2H3,(H,18,20). The highest BCUT2D eigenvalue weighted by Crippen LogP contribution is 2.22. The Kier molecular flexibility index (Phi) is 5.59. The predicted octanol–water partition coefficient (Wildman–Crippen LogP) is 1.86. The van der Waals surface area contributed by atoms with Gasteiger partial charge in [-0.3, -0.25) is 4.79 Å². The average Bonchev–Trinajstić information content (AvgIpc) is 2.92. The lowest BCUT2D eigenvalue weighted by Crippen LogP contribution is -2.30. The maximum Gasteiger partial charge on any atom is 0.221 e. The van der Waals surface area contributed by atoms with E-state index in [-0.39, 0.29) is 5.91 Å². The second kappa shape index (κ2) is 7.43. The molecule has 2 rings (SSSR count). The molecule has 0 spiro atoms. The Labute approximate surface area is 121 Å². The van der Waals surface area contributed by atoms with E-state index in [1.165, 1.54) is 18.5 Å². The number of carbonyl (C=O) groups is 1. The molecule has 2 N–H and O–H groups in total. The number of carbonyl (C=O) groups excluding carboxylic acids is 1. The van der Waals surface area contributed by atoms with Crippen LogP contribution in [0.5, 0.6) is 0 Å². The van der Waals surface area contributed by atoms with Crippen LogP contribution in [0.3, 0.4) is 0 Å². The molecule has 0 aliphatic carbocycles. The van der Waals surface area contributed by atoms with Crippen molar-refractivity contribution in [2.45, 2.75) is 52.1 Å². The molecule has 1 unspecified atom stereocenters. The van der Waals surface area contributed by atoms with E-state index in [2.05, 4.69) is 34.0 Å². The third-order valence-electron chi connectivity index (χ3n) is 3.70. The van der Waals surface area contributed by atoms with Gasteiger partial charge in [-0.2, -0.15) is 0 Å². The molecular formula is C15H26N4O. The summed E-state index contributed by atoms with van der Waals surface area (Å²) in [6.45, 7) is 6.73. The zero-order valence-electron chi connectivity index (χ0n) is 12.6. The number of aromatic nitrogens is 2. The maximum absolute atomic E-state index is 11.8. The van der Waals surface area contributed by atoms with Crippen molar-refractivity contribution < 1.29 is 4.79 Å². The van der Waals surface area contributed by atoms with Crippen LogP contribution in [0.15, 0.2) is 12.5 Å². The predicted molar refractivity (Wildman–Crippen MR) is 79.3 cm³/mol. The summed E-state index contributed by atoms with van der Waals surface area (Å²) >= 11 is 0. The highest BCUT2D eigenvalue weighted by molar-refractivity contribution is 5.75. The molecule has 0 bridgehead atoms. The van der Waals surface area contributed by atoms with Crippen LogP contribution in [-0.2, 0) is 11.3 Å². The highest BCUT2D eigenvalue weighted by Gasteiger charge is 2.18. The lowest BCUT2D eigenvalue weighted by atomic mass is 10.0. The largest absolute Gasteiger partial charge is 0.356 e. The van der Waals surface area contributed by atoms with Crippen molar-refractivity contribution in [3.05, 3.63) is 18.2 Å². The van der Waals surface area contributed by atoms with Gasteiger partial charge in [-0.15, -0.1) is 0 Å². The molecule has 1 saturated heterocycles. The van der Waals surface area contributed by atoms with Crippen LogP contribution in [-0.4, -0.2) is 28.5 Å². The Bertz CT molecular complexity index is 421. The summed E-state index contributed by atoms with van der Waals surface area (Å²) in [6.07, 6.45) is 7.95. The molecule has 1 aromatic heterocycles. The van der Waals surface area contributed by atoms with Crippen molar-refractivity contribution in [3.63, 3.8) is 0 Å². The first-order valence-electron chi connectivity index (χ1n) is 7.67. The second-order valence-electron chi connectivity index (χ2n) is 5.96. The fraction of sp³-hybridized carbons (Fsp3) is 0.733. The first kappa shape index (κ1) is 15.0. The minimum Gasteiger partial charge on any atom is -0.356 e. The second-order valence-corrected chi connectivity index (χ2v) is 5.96. The molecular weight excluding hydrogens is 252 g/mol. The molecule has 1 aliphatic rings. The number of amides is 1. The number of hydrogen-bond acceptors (Lipinski definition) is 3. The van der Waals surface area contributed by atoms with Crippen LogP contribution >= 0.6 is 0 Å². The highest BCUT2D eigenvalue weighted by atomic mass is 16.1. The molecule has 1 amide bonds. The summed E-state index contributed by atoms with van der Waals surface area (Å²) < 4.78 is 2.11. The molecule has 5 heteroatoms. The third kappa shape index (κ3) is 4.34. The Hall–Kier alpha value is -1.36. The normalized spacial score (nSPS) is 19.2. The van der Waals surface area contributed by atoms with Gasteiger partial charge in [0.15, 0.2) is 0 Å². The van der Waals surface area contributed by atoms with Gasteiger partial charge < -0.3 is 15.2 Å². The molecule has 20 heavy (non-hydrogen) atoms.